The molecule has 1 aromatic carbocycles. The molecule has 0 spiro atoms. The Hall–Kier alpha value is -0.910. The third-order valence-electron chi connectivity index (χ3n) is 2.47. The summed E-state index contributed by atoms with van der Waals surface area (Å²) in [5.41, 5.74) is 1.17. The Balaban J connectivity index is 0.000000437. The minimum absolute atomic E-state index is 0.321. The van der Waals surface area contributed by atoms with Crippen LogP contribution in [-0.4, -0.2) is 49.7 Å². The third kappa shape index (κ3) is 4.85. The molecule has 4 nitrogen and oxygen atoms in total. The molecule has 1 heterocycles. The van der Waals surface area contributed by atoms with Gasteiger partial charge in [0.05, 0.1) is 0 Å². The topological polar surface area (TPSA) is 38.7 Å². The van der Waals surface area contributed by atoms with Crippen molar-refractivity contribution >= 4 is 18.5 Å². The lowest BCUT2D eigenvalue weighted by Gasteiger charge is -2.33. The van der Waals surface area contributed by atoms with Crippen LogP contribution in [0.5, 0.6) is 5.75 Å². The maximum Gasteiger partial charge on any atom is 0.115 e. The van der Waals surface area contributed by atoms with Gasteiger partial charge in [-0.2, -0.15) is 0 Å². The zero-order valence-corrected chi connectivity index (χ0v) is 11.3. The lowest BCUT2D eigenvalue weighted by Crippen LogP contribution is -2.42. The number of hydrogen-bond acceptors (Lipinski definition) is 5. The summed E-state index contributed by atoms with van der Waals surface area (Å²) in [6, 6.07) is 7.35. The number of hydrogen-bond donors (Lipinski definition) is 3. The zero-order chi connectivity index (χ0) is 12.7. The van der Waals surface area contributed by atoms with Gasteiger partial charge in [-0.25, -0.2) is 4.31 Å². The lowest BCUT2D eigenvalue weighted by atomic mass is 10.2. The number of nitrogens with one attached hydrogen (secondary N) is 1. The van der Waals surface area contributed by atoms with Gasteiger partial charge < -0.3 is 15.3 Å². The van der Waals surface area contributed by atoms with Crippen LogP contribution in [0, 0.1) is 0 Å². The molecule has 0 radical (unpaired) electrons. The Labute approximate surface area is 109 Å². The van der Waals surface area contributed by atoms with Crippen LogP contribution >= 0.6 is 12.8 Å². The van der Waals surface area contributed by atoms with E-state index in [9.17, 15) is 0 Å². The van der Waals surface area contributed by atoms with Crippen molar-refractivity contribution in [2.75, 3.05) is 45.2 Å². The summed E-state index contributed by atoms with van der Waals surface area (Å²) in [5, 5.41) is 11.9. The molecule has 1 aliphatic heterocycles. The molecule has 5 heteroatoms. The largest absolute Gasteiger partial charge is 0.508 e. The highest BCUT2D eigenvalue weighted by Gasteiger charge is 2.14. The van der Waals surface area contributed by atoms with Crippen molar-refractivity contribution in [3.8, 4) is 5.75 Å². The summed E-state index contributed by atoms with van der Waals surface area (Å²) in [5.74, 6) is 0.321. The van der Waals surface area contributed by atoms with Crippen LogP contribution in [-0.2, 0) is 0 Å². The van der Waals surface area contributed by atoms with E-state index in [1.165, 1.54) is 5.69 Å². The van der Waals surface area contributed by atoms with Gasteiger partial charge in [-0.05, 0) is 38.4 Å². The van der Waals surface area contributed by atoms with Crippen LogP contribution < -0.4 is 10.2 Å². The first-order valence-corrected chi connectivity index (χ1v) is 6.13. The van der Waals surface area contributed by atoms with Gasteiger partial charge in [0.25, 0.3) is 0 Å². The smallest absolute Gasteiger partial charge is 0.115 e. The van der Waals surface area contributed by atoms with Gasteiger partial charge in [0, 0.05) is 31.9 Å². The number of benzene rings is 1. The second kappa shape index (κ2) is 7.42. The predicted octanol–water partition coefficient (Wildman–Crippen LogP) is 1.19. The van der Waals surface area contributed by atoms with Crippen LogP contribution in [0.15, 0.2) is 24.3 Å². The van der Waals surface area contributed by atoms with Gasteiger partial charge in [0.15, 0.2) is 0 Å². The zero-order valence-electron chi connectivity index (χ0n) is 10.4. The minimum atomic E-state index is 0.321. The first-order chi connectivity index (χ1) is 8.17. The molecule has 17 heavy (non-hydrogen) atoms. The average Bonchev–Trinajstić information content (AvgIpc) is 2.32. The Kier molecular flexibility index (Phi) is 6.18. The molecular weight excluding hydrogens is 234 g/mol. The summed E-state index contributed by atoms with van der Waals surface area (Å²) in [6.45, 7) is 3.94. The minimum Gasteiger partial charge on any atom is -0.508 e. The Morgan fingerprint density at radius 3 is 2.00 bits per heavy atom. The second-order valence-corrected chi connectivity index (χ2v) is 4.52. The van der Waals surface area contributed by atoms with E-state index in [2.05, 4.69) is 23.0 Å². The summed E-state index contributed by atoms with van der Waals surface area (Å²) in [4.78, 5) is 2.30. The summed E-state index contributed by atoms with van der Waals surface area (Å²) < 4.78 is 2.02. The predicted molar refractivity (Wildman–Crippen MR) is 75.9 cm³/mol. The number of piperazine rings is 1. The molecule has 0 aliphatic carbocycles. The van der Waals surface area contributed by atoms with Crippen molar-refractivity contribution in [3.63, 3.8) is 0 Å². The average molecular weight is 255 g/mol. The van der Waals surface area contributed by atoms with Gasteiger partial charge in [0.2, 0.25) is 0 Å². The fourth-order valence-electron chi connectivity index (χ4n) is 1.62. The number of phenols is 1. The van der Waals surface area contributed by atoms with Gasteiger partial charge in [-0.1, -0.05) is 12.8 Å². The molecule has 1 saturated heterocycles. The summed E-state index contributed by atoms with van der Waals surface area (Å²) in [7, 11) is 3.75. The van der Waals surface area contributed by atoms with E-state index in [1.807, 2.05) is 30.5 Å². The van der Waals surface area contributed by atoms with Crippen molar-refractivity contribution < 1.29 is 5.11 Å². The maximum atomic E-state index is 9.16. The van der Waals surface area contributed by atoms with Gasteiger partial charge in [-0.15, -0.1) is 0 Å². The van der Waals surface area contributed by atoms with E-state index < -0.39 is 0 Å². The fourth-order valence-corrected chi connectivity index (χ4v) is 1.80. The van der Waals surface area contributed by atoms with E-state index in [-0.39, 0.29) is 0 Å². The van der Waals surface area contributed by atoms with Gasteiger partial charge >= 0.3 is 0 Å². The Bertz CT molecular complexity index is 310. The number of rotatable bonds is 1. The second-order valence-electron chi connectivity index (χ2n) is 3.96. The SMILES string of the molecule is CNC.Oc1ccc(N2CCN(S)CC2)cc1. The Morgan fingerprint density at radius 2 is 1.53 bits per heavy atom. The molecule has 0 atom stereocenters. The molecule has 1 fully saturated rings. The molecule has 0 bridgehead atoms. The van der Waals surface area contributed by atoms with Crippen molar-refractivity contribution in [1.29, 1.82) is 0 Å². The quantitative estimate of drug-likeness (QED) is 0.659. The van der Waals surface area contributed by atoms with Crippen molar-refractivity contribution in [2.24, 2.45) is 0 Å². The first-order valence-electron chi connectivity index (χ1n) is 5.73. The van der Waals surface area contributed by atoms with Crippen LogP contribution in [0.25, 0.3) is 0 Å². The van der Waals surface area contributed by atoms with E-state index in [1.54, 1.807) is 12.1 Å². The summed E-state index contributed by atoms with van der Waals surface area (Å²) >= 11 is 4.30. The lowest BCUT2D eigenvalue weighted by molar-refractivity contribution is 0.434. The molecule has 0 saturated carbocycles. The standard InChI is InChI=1S/C10H14N2OS.C2H7N/c13-10-3-1-9(2-4-10)11-5-7-12(14)8-6-11;1-3-2/h1-4,13-14H,5-8H2;3H,1-2H3. The molecule has 0 unspecified atom stereocenters. The monoisotopic (exact) mass is 255 g/mol. The van der Waals surface area contributed by atoms with Gasteiger partial charge in [-0.3, -0.25) is 0 Å². The summed E-state index contributed by atoms with van der Waals surface area (Å²) in [6.07, 6.45) is 0. The highest BCUT2D eigenvalue weighted by molar-refractivity contribution is 7.77. The molecule has 0 aromatic heterocycles. The van der Waals surface area contributed by atoms with Crippen LogP contribution in [0.4, 0.5) is 5.69 Å². The van der Waals surface area contributed by atoms with Crippen molar-refractivity contribution in [3.05, 3.63) is 24.3 Å². The normalized spacial score (nSPS) is 16.3. The van der Waals surface area contributed by atoms with Crippen LogP contribution in [0.2, 0.25) is 0 Å². The molecule has 0 amide bonds. The molecular formula is C12H21N3OS. The van der Waals surface area contributed by atoms with Crippen LogP contribution in [0.1, 0.15) is 0 Å². The number of nitrogens with zero attached hydrogens (tertiary/aromatic N) is 2. The number of thiol groups is 1. The number of aromatic hydroxyl groups is 1. The van der Waals surface area contributed by atoms with Crippen molar-refractivity contribution in [2.45, 2.75) is 0 Å². The highest BCUT2D eigenvalue weighted by Crippen LogP contribution is 2.19. The highest BCUT2D eigenvalue weighted by atomic mass is 32.1. The van der Waals surface area contributed by atoms with E-state index >= 15 is 0 Å². The fraction of sp³-hybridized carbons (Fsp3) is 0.500. The first kappa shape index (κ1) is 14.2. The van der Waals surface area contributed by atoms with E-state index in [4.69, 9.17) is 5.11 Å². The van der Waals surface area contributed by atoms with Gasteiger partial charge in [0.1, 0.15) is 5.75 Å². The van der Waals surface area contributed by atoms with E-state index in [0.29, 0.717) is 5.75 Å². The molecule has 2 N–H and O–H groups in total. The maximum absolute atomic E-state index is 9.16. The van der Waals surface area contributed by atoms with Crippen LogP contribution in [0.3, 0.4) is 0 Å². The van der Waals surface area contributed by atoms with E-state index in [0.717, 1.165) is 26.2 Å². The molecule has 1 aliphatic rings. The molecule has 1 aromatic rings. The molecule has 2 rings (SSSR count). The third-order valence-corrected chi connectivity index (χ3v) is 2.87. The number of anilines is 1. The molecule has 96 valence electrons. The number of phenolic OH excluding ortho intramolecular Hbond substituents is 1. The Morgan fingerprint density at radius 1 is 1.06 bits per heavy atom. The van der Waals surface area contributed by atoms with Crippen molar-refractivity contribution in [1.82, 2.24) is 9.62 Å².